The van der Waals surface area contributed by atoms with Gasteiger partial charge in [-0.05, 0) is 23.8 Å². The van der Waals surface area contributed by atoms with Crippen LogP contribution in [0.3, 0.4) is 0 Å². The van der Waals surface area contributed by atoms with Gasteiger partial charge < -0.3 is 24.0 Å². The molecule has 0 aliphatic carbocycles. The van der Waals surface area contributed by atoms with Gasteiger partial charge in [0, 0.05) is 7.43 Å². The van der Waals surface area contributed by atoms with Gasteiger partial charge in [0.25, 0.3) is 0 Å². The van der Waals surface area contributed by atoms with Gasteiger partial charge in [0.1, 0.15) is 0 Å². The van der Waals surface area contributed by atoms with Crippen molar-refractivity contribution in [3.63, 3.8) is 0 Å². The van der Waals surface area contributed by atoms with Crippen LogP contribution in [0.4, 0.5) is 0 Å². The molecule has 0 unspecified atom stereocenters. The van der Waals surface area contributed by atoms with E-state index in [-0.39, 0.29) is 31.4 Å². The van der Waals surface area contributed by atoms with Gasteiger partial charge in [-0.15, -0.1) is 0 Å². The molecule has 0 saturated carbocycles. The highest BCUT2D eigenvalue weighted by molar-refractivity contribution is 7.79. The largest absolute Gasteiger partial charge is 1.00 e. The minimum Gasteiger partial charge on any atom is -1.00 e. The lowest BCUT2D eigenvalue weighted by atomic mass is 10.4. The number of hydrogen-bond donors (Lipinski definition) is 0. The van der Waals surface area contributed by atoms with Gasteiger partial charge in [0.15, 0.2) is 0 Å². The van der Waals surface area contributed by atoms with Gasteiger partial charge in [-0.3, -0.25) is 0 Å². The molecule has 0 aliphatic rings. The van der Waals surface area contributed by atoms with E-state index in [1.165, 1.54) is 15.9 Å². The Bertz CT molecular complexity index is 530. The van der Waals surface area contributed by atoms with Crippen molar-refractivity contribution in [1.29, 1.82) is 0 Å². The summed E-state index contributed by atoms with van der Waals surface area (Å²) >= 11 is 0. The quantitative estimate of drug-likeness (QED) is 0.346. The molecule has 0 atom stereocenters. The fourth-order valence-corrected chi connectivity index (χ4v) is 4.48. The van der Waals surface area contributed by atoms with Crippen LogP contribution in [-0.4, -0.2) is 0 Å². The lowest BCUT2D eigenvalue weighted by molar-refractivity contribution is -0.00000388. The summed E-state index contributed by atoms with van der Waals surface area (Å²) in [6, 6.07) is 32.3. The van der Waals surface area contributed by atoms with Gasteiger partial charge >= 0.3 is 0 Å². The first-order valence-electron chi connectivity index (χ1n) is 6.40. The van der Waals surface area contributed by atoms with Crippen molar-refractivity contribution in [2.45, 2.75) is 0 Å². The van der Waals surface area contributed by atoms with E-state index in [0.29, 0.717) is 0 Å². The molecule has 21 heavy (non-hydrogen) atoms. The predicted molar refractivity (Wildman–Crippen MR) is 91.6 cm³/mol. The Morgan fingerprint density at radius 1 is 0.429 bits per heavy atom. The summed E-state index contributed by atoms with van der Waals surface area (Å²) in [7, 11) is -0.446. The SMILES string of the molecule is [CH3+].[I-].c1ccc(P(c2ccccc2)c2ccccc2)cc1. The van der Waals surface area contributed by atoms with Crippen molar-refractivity contribution in [1.82, 2.24) is 0 Å². The van der Waals surface area contributed by atoms with Crippen LogP contribution in [0.1, 0.15) is 0 Å². The van der Waals surface area contributed by atoms with Crippen molar-refractivity contribution in [3.8, 4) is 0 Å². The van der Waals surface area contributed by atoms with Crippen LogP contribution in [0, 0.1) is 7.43 Å². The average Bonchev–Trinajstić information content (AvgIpc) is 2.51. The second-order valence-electron chi connectivity index (χ2n) is 4.34. The molecule has 2 heteroatoms. The molecule has 0 fully saturated rings. The monoisotopic (exact) mass is 404 g/mol. The number of hydrogen-bond acceptors (Lipinski definition) is 0. The second-order valence-corrected chi connectivity index (χ2v) is 6.56. The molecule has 0 saturated heterocycles. The van der Waals surface area contributed by atoms with Gasteiger partial charge in [0.2, 0.25) is 0 Å². The highest BCUT2D eigenvalue weighted by Crippen LogP contribution is 2.32. The highest BCUT2D eigenvalue weighted by atomic mass is 127. The molecule has 3 aromatic carbocycles. The van der Waals surface area contributed by atoms with Crippen LogP contribution in [0.25, 0.3) is 0 Å². The average molecular weight is 404 g/mol. The van der Waals surface area contributed by atoms with Crippen LogP contribution >= 0.6 is 7.92 Å². The summed E-state index contributed by atoms with van der Waals surface area (Å²) < 4.78 is 0. The molecule has 0 nitrogen and oxygen atoms in total. The Balaban J connectivity index is 0.00000110. The Morgan fingerprint density at radius 3 is 0.905 bits per heavy atom. The van der Waals surface area contributed by atoms with Crippen molar-refractivity contribution in [2.24, 2.45) is 0 Å². The molecule has 0 heterocycles. The van der Waals surface area contributed by atoms with E-state index in [0.717, 1.165) is 0 Å². The maximum Gasteiger partial charge on any atom is 0.0467 e. The van der Waals surface area contributed by atoms with Crippen LogP contribution < -0.4 is 39.9 Å². The Hall–Kier alpha value is -1.31. The number of benzene rings is 3. The lowest BCUT2D eigenvalue weighted by Crippen LogP contribution is -3.00. The van der Waals surface area contributed by atoms with Gasteiger partial charge in [-0.1, -0.05) is 91.0 Å². The lowest BCUT2D eigenvalue weighted by Gasteiger charge is -2.18. The molecule has 3 aromatic rings. The van der Waals surface area contributed by atoms with Crippen LogP contribution in [-0.2, 0) is 0 Å². The molecule has 3 rings (SSSR count). The van der Waals surface area contributed by atoms with Gasteiger partial charge in [0.05, 0.1) is 0 Å². The third-order valence-corrected chi connectivity index (χ3v) is 5.49. The van der Waals surface area contributed by atoms with E-state index in [4.69, 9.17) is 0 Å². The van der Waals surface area contributed by atoms with Gasteiger partial charge in [-0.25, -0.2) is 0 Å². The summed E-state index contributed by atoms with van der Waals surface area (Å²) in [5.74, 6) is 0. The zero-order chi connectivity index (χ0) is 12.9. The Kier molecular flexibility index (Phi) is 7.49. The first-order chi connectivity index (χ1) is 9.45. The molecular weight excluding hydrogens is 386 g/mol. The smallest absolute Gasteiger partial charge is 0.0467 e. The maximum atomic E-state index is 2.23. The fourth-order valence-electron chi connectivity index (χ4n) is 2.18. The highest BCUT2D eigenvalue weighted by Gasteiger charge is 2.14. The van der Waals surface area contributed by atoms with Crippen LogP contribution in [0.5, 0.6) is 0 Å². The van der Waals surface area contributed by atoms with E-state index in [1.807, 2.05) is 0 Å². The van der Waals surface area contributed by atoms with E-state index >= 15 is 0 Å². The van der Waals surface area contributed by atoms with E-state index in [9.17, 15) is 0 Å². The Labute approximate surface area is 146 Å². The van der Waals surface area contributed by atoms with Crippen molar-refractivity contribution in [3.05, 3.63) is 98.4 Å². The molecule has 0 radical (unpaired) electrons. The third-order valence-electron chi connectivity index (χ3n) is 3.04. The first-order valence-corrected chi connectivity index (χ1v) is 7.74. The summed E-state index contributed by atoms with van der Waals surface area (Å²) in [5, 5.41) is 4.19. The standard InChI is InChI=1S/C18H15P.CH3.HI/c1-4-10-16(11-5-1)19(17-12-6-2-7-13-17)18-14-8-3-9-15-18;;/h1-15H;1H3;1H/q;+1;/p-1. The van der Waals surface area contributed by atoms with Crippen molar-refractivity contribution >= 4 is 23.8 Å². The predicted octanol–water partition coefficient (Wildman–Crippen LogP) is 0.899. The molecule has 0 amide bonds. The molecular formula is C19H18IP. The number of rotatable bonds is 3. The third kappa shape index (κ3) is 4.33. The van der Waals surface area contributed by atoms with E-state index in [2.05, 4.69) is 91.0 Å². The minimum atomic E-state index is -0.446. The van der Waals surface area contributed by atoms with Crippen molar-refractivity contribution < 1.29 is 24.0 Å². The van der Waals surface area contributed by atoms with Crippen LogP contribution in [0.15, 0.2) is 91.0 Å². The zero-order valence-corrected chi connectivity index (χ0v) is 15.0. The summed E-state index contributed by atoms with van der Waals surface area (Å²) in [6.45, 7) is 0. The van der Waals surface area contributed by atoms with Gasteiger partial charge in [-0.2, -0.15) is 0 Å². The summed E-state index contributed by atoms with van der Waals surface area (Å²) in [5.41, 5.74) is 0. The zero-order valence-electron chi connectivity index (χ0n) is 12.0. The Morgan fingerprint density at radius 2 is 0.667 bits per heavy atom. The molecule has 0 aliphatic heterocycles. The van der Waals surface area contributed by atoms with E-state index < -0.39 is 7.92 Å². The molecule has 0 bridgehead atoms. The van der Waals surface area contributed by atoms with Crippen molar-refractivity contribution in [2.75, 3.05) is 0 Å². The summed E-state index contributed by atoms with van der Waals surface area (Å²) in [4.78, 5) is 0. The molecule has 0 spiro atoms. The van der Waals surface area contributed by atoms with E-state index in [1.54, 1.807) is 0 Å². The molecule has 106 valence electrons. The fraction of sp³-hybridized carbons (Fsp3) is 0. The second kappa shape index (κ2) is 8.86. The topological polar surface area (TPSA) is 0 Å². The molecule has 0 N–H and O–H groups in total. The normalized spacial score (nSPS) is 9.57. The minimum absolute atomic E-state index is 0. The summed E-state index contributed by atoms with van der Waals surface area (Å²) in [6.07, 6.45) is 0. The van der Waals surface area contributed by atoms with Crippen LogP contribution in [0.2, 0.25) is 0 Å². The molecule has 0 aromatic heterocycles. The first kappa shape index (κ1) is 17.7. The maximum absolute atomic E-state index is 2.23. The number of halogens is 1.